The van der Waals surface area contributed by atoms with E-state index in [-0.39, 0.29) is 12.2 Å². The summed E-state index contributed by atoms with van der Waals surface area (Å²) < 4.78 is 0. The van der Waals surface area contributed by atoms with E-state index in [9.17, 15) is 14.4 Å². The van der Waals surface area contributed by atoms with Crippen molar-refractivity contribution in [1.82, 2.24) is 0 Å². The summed E-state index contributed by atoms with van der Waals surface area (Å²) in [7, 11) is 0. The van der Waals surface area contributed by atoms with Gasteiger partial charge in [-0.15, -0.1) is 0 Å². The topological polar surface area (TPSA) is 91.7 Å². The predicted octanol–water partition coefficient (Wildman–Crippen LogP) is -0.393. The number of carboxylic acids is 2. The van der Waals surface area contributed by atoms with Crippen LogP contribution in [0.1, 0.15) is 6.42 Å². The Morgan fingerprint density at radius 2 is 1.85 bits per heavy atom. The average Bonchev–Trinajstić information content (AvgIpc) is 2.66. The summed E-state index contributed by atoms with van der Waals surface area (Å²) in [6.07, 6.45) is 0.00838. The molecule has 0 aliphatic heterocycles. The van der Waals surface area contributed by atoms with Gasteiger partial charge in [0, 0.05) is 12.3 Å². The maximum Gasteiger partial charge on any atom is 0.307 e. The minimum absolute atomic E-state index is 0.00838. The molecule has 0 aromatic rings. The van der Waals surface area contributed by atoms with Gasteiger partial charge in [0.15, 0.2) is 0 Å². The fraction of sp³-hybridized carbons (Fsp3) is 0.625. The summed E-state index contributed by atoms with van der Waals surface area (Å²) in [6, 6.07) is 0. The van der Waals surface area contributed by atoms with Gasteiger partial charge in [-0.05, 0) is 5.92 Å². The summed E-state index contributed by atoms with van der Waals surface area (Å²) in [4.78, 5) is 32.3. The standard InChI is InChI=1S/C8H8O5/c9-3-1-2(7(10)11)4-5(3)6(4)8(12)13/h2,4-6H,1H2,(H,10,11)(H,12,13). The molecular weight excluding hydrogens is 176 g/mol. The van der Waals surface area contributed by atoms with E-state index >= 15 is 0 Å². The molecule has 0 aromatic carbocycles. The second-order valence-electron chi connectivity index (χ2n) is 3.58. The van der Waals surface area contributed by atoms with Gasteiger partial charge >= 0.3 is 11.9 Å². The number of aliphatic carboxylic acids is 2. The Bertz CT molecular complexity index is 304. The summed E-state index contributed by atoms with van der Waals surface area (Å²) in [5.74, 6) is -4.76. The molecule has 5 heteroatoms. The van der Waals surface area contributed by atoms with Gasteiger partial charge in [-0.3, -0.25) is 14.4 Å². The number of ketones is 1. The van der Waals surface area contributed by atoms with E-state index in [2.05, 4.69) is 0 Å². The molecule has 2 rings (SSSR count). The highest BCUT2D eigenvalue weighted by atomic mass is 16.4. The zero-order valence-electron chi connectivity index (χ0n) is 6.64. The maximum absolute atomic E-state index is 11.1. The van der Waals surface area contributed by atoms with Gasteiger partial charge in [0.2, 0.25) is 0 Å². The molecule has 0 bridgehead atoms. The van der Waals surface area contributed by atoms with Crippen LogP contribution in [0.2, 0.25) is 0 Å². The van der Waals surface area contributed by atoms with Crippen molar-refractivity contribution in [1.29, 1.82) is 0 Å². The molecule has 0 spiro atoms. The molecule has 0 saturated heterocycles. The first kappa shape index (κ1) is 8.22. The van der Waals surface area contributed by atoms with E-state index in [1.54, 1.807) is 0 Å². The van der Waals surface area contributed by atoms with Crippen molar-refractivity contribution < 1.29 is 24.6 Å². The third kappa shape index (κ3) is 0.961. The van der Waals surface area contributed by atoms with Crippen molar-refractivity contribution >= 4 is 17.7 Å². The predicted molar refractivity (Wildman–Crippen MR) is 38.9 cm³/mol. The van der Waals surface area contributed by atoms with Crippen LogP contribution in [0.15, 0.2) is 0 Å². The van der Waals surface area contributed by atoms with E-state index in [1.165, 1.54) is 0 Å². The molecule has 0 aromatic heterocycles. The molecule has 0 radical (unpaired) electrons. The number of carboxylic acid groups (broad SMARTS) is 2. The van der Waals surface area contributed by atoms with Gasteiger partial charge in [0.1, 0.15) is 5.78 Å². The largest absolute Gasteiger partial charge is 0.481 e. The molecule has 2 N–H and O–H groups in total. The van der Waals surface area contributed by atoms with Gasteiger partial charge in [-0.1, -0.05) is 0 Å². The van der Waals surface area contributed by atoms with Crippen molar-refractivity contribution in [3.63, 3.8) is 0 Å². The Labute approximate surface area is 73.4 Å². The number of rotatable bonds is 2. The molecule has 0 amide bonds. The van der Waals surface area contributed by atoms with Crippen LogP contribution < -0.4 is 0 Å². The second kappa shape index (κ2) is 2.31. The van der Waals surface area contributed by atoms with Gasteiger partial charge in [-0.2, -0.15) is 0 Å². The van der Waals surface area contributed by atoms with Crippen molar-refractivity contribution in [2.24, 2.45) is 23.7 Å². The fourth-order valence-corrected chi connectivity index (χ4v) is 2.31. The SMILES string of the molecule is O=C(O)C1CC(=O)C2C(C(=O)O)C12. The lowest BCUT2D eigenvalue weighted by Gasteiger charge is -2.05. The lowest BCUT2D eigenvalue weighted by Crippen LogP contribution is -2.19. The summed E-state index contributed by atoms with van der Waals surface area (Å²) >= 11 is 0. The highest BCUT2D eigenvalue weighted by molar-refractivity contribution is 5.98. The van der Waals surface area contributed by atoms with E-state index in [1.807, 2.05) is 0 Å². The Hall–Kier alpha value is -1.39. The number of Topliss-reactive ketones (excluding diaryl/α,β-unsaturated/α-hetero) is 1. The molecule has 70 valence electrons. The number of fused-ring (bicyclic) bond motifs is 1. The third-order valence-corrected chi connectivity index (χ3v) is 2.94. The number of hydrogen-bond donors (Lipinski definition) is 2. The van der Waals surface area contributed by atoms with E-state index < -0.39 is 35.6 Å². The molecule has 13 heavy (non-hydrogen) atoms. The highest BCUT2D eigenvalue weighted by Crippen LogP contribution is 2.58. The van der Waals surface area contributed by atoms with Crippen molar-refractivity contribution in [2.45, 2.75) is 6.42 Å². The smallest absolute Gasteiger partial charge is 0.307 e. The molecule has 4 unspecified atom stereocenters. The number of carbonyl (C=O) groups is 3. The zero-order valence-corrected chi connectivity index (χ0v) is 6.64. The Kier molecular flexibility index (Phi) is 1.46. The molecule has 2 aliphatic carbocycles. The zero-order chi connectivity index (χ0) is 9.75. The van der Waals surface area contributed by atoms with Gasteiger partial charge in [0.25, 0.3) is 0 Å². The summed E-state index contributed by atoms with van der Waals surface area (Å²) in [5.41, 5.74) is 0. The summed E-state index contributed by atoms with van der Waals surface area (Å²) in [6.45, 7) is 0. The first-order valence-electron chi connectivity index (χ1n) is 4.02. The van der Waals surface area contributed by atoms with Crippen molar-refractivity contribution in [2.75, 3.05) is 0 Å². The van der Waals surface area contributed by atoms with Crippen LogP contribution in [0.25, 0.3) is 0 Å². The molecule has 2 saturated carbocycles. The van der Waals surface area contributed by atoms with Crippen LogP contribution in [0.5, 0.6) is 0 Å². The summed E-state index contributed by atoms with van der Waals surface area (Å²) in [5, 5.41) is 17.3. The number of carbonyl (C=O) groups excluding carboxylic acids is 1. The number of hydrogen-bond acceptors (Lipinski definition) is 3. The quantitative estimate of drug-likeness (QED) is 0.609. The van der Waals surface area contributed by atoms with Crippen LogP contribution in [0, 0.1) is 23.7 Å². The van der Waals surface area contributed by atoms with Crippen LogP contribution in [-0.4, -0.2) is 27.9 Å². The average molecular weight is 184 g/mol. The maximum atomic E-state index is 11.1. The monoisotopic (exact) mass is 184 g/mol. The first-order chi connectivity index (χ1) is 6.04. The lowest BCUT2D eigenvalue weighted by molar-refractivity contribution is -0.145. The lowest BCUT2D eigenvalue weighted by atomic mass is 10.00. The second-order valence-corrected chi connectivity index (χ2v) is 3.58. The molecule has 5 nitrogen and oxygen atoms in total. The van der Waals surface area contributed by atoms with Crippen molar-refractivity contribution in [3.05, 3.63) is 0 Å². The van der Waals surface area contributed by atoms with E-state index in [0.29, 0.717) is 0 Å². The minimum Gasteiger partial charge on any atom is -0.481 e. The van der Waals surface area contributed by atoms with Gasteiger partial charge < -0.3 is 10.2 Å². The molecular formula is C8H8O5. The Morgan fingerprint density at radius 1 is 1.23 bits per heavy atom. The highest BCUT2D eigenvalue weighted by Gasteiger charge is 2.68. The van der Waals surface area contributed by atoms with Gasteiger partial charge in [-0.25, -0.2) is 0 Å². The van der Waals surface area contributed by atoms with E-state index in [0.717, 1.165) is 0 Å². The molecule has 4 atom stereocenters. The van der Waals surface area contributed by atoms with Gasteiger partial charge in [0.05, 0.1) is 11.8 Å². The molecule has 2 aliphatic rings. The van der Waals surface area contributed by atoms with Crippen molar-refractivity contribution in [3.8, 4) is 0 Å². The van der Waals surface area contributed by atoms with Crippen LogP contribution >= 0.6 is 0 Å². The normalized spacial score (nSPS) is 41.4. The third-order valence-electron chi connectivity index (χ3n) is 2.94. The molecule has 2 fully saturated rings. The molecule has 0 heterocycles. The fourth-order valence-electron chi connectivity index (χ4n) is 2.31. The Morgan fingerprint density at radius 3 is 2.23 bits per heavy atom. The first-order valence-corrected chi connectivity index (χ1v) is 4.02. The Balaban J connectivity index is 2.18. The minimum atomic E-state index is -1.05. The van der Waals surface area contributed by atoms with Crippen LogP contribution in [-0.2, 0) is 14.4 Å². The van der Waals surface area contributed by atoms with Crippen LogP contribution in [0.3, 0.4) is 0 Å². The van der Waals surface area contributed by atoms with Crippen LogP contribution in [0.4, 0.5) is 0 Å². The van der Waals surface area contributed by atoms with E-state index in [4.69, 9.17) is 10.2 Å².